The van der Waals surface area contributed by atoms with E-state index in [1.54, 1.807) is 0 Å². The van der Waals surface area contributed by atoms with Crippen LogP contribution in [0.5, 0.6) is 0 Å². The van der Waals surface area contributed by atoms with Gasteiger partial charge in [0.05, 0.1) is 0 Å². The molecule has 0 aliphatic heterocycles. The van der Waals surface area contributed by atoms with E-state index in [0.717, 1.165) is 10.4 Å². The lowest BCUT2D eigenvalue weighted by Gasteiger charge is -2.42. The average molecular weight is 337 g/mol. The number of ketones is 1. The van der Waals surface area contributed by atoms with Gasteiger partial charge in [0.25, 0.3) is 14.9 Å². The van der Waals surface area contributed by atoms with E-state index in [2.05, 4.69) is 49.9 Å². The molecule has 0 fully saturated rings. The zero-order valence-corrected chi connectivity index (χ0v) is 15.5. The van der Waals surface area contributed by atoms with Gasteiger partial charge in [-0.3, -0.25) is 4.79 Å². The first-order valence-corrected chi connectivity index (χ1v) is 9.92. The van der Waals surface area contributed by atoms with Crippen molar-refractivity contribution in [3.05, 3.63) is 72.1 Å². The Labute approximate surface area is 145 Å². The monoisotopic (exact) mass is 337 g/mol. The summed E-state index contributed by atoms with van der Waals surface area (Å²) in [6.45, 7) is 13.2. The Balaban J connectivity index is 2.58. The van der Waals surface area contributed by atoms with Gasteiger partial charge >= 0.3 is 0 Å². The van der Waals surface area contributed by atoms with Crippen LogP contribution >= 0.6 is 0 Å². The molecule has 0 N–H and O–H groups in total. The van der Waals surface area contributed by atoms with E-state index < -0.39 is 8.32 Å². The summed E-state index contributed by atoms with van der Waals surface area (Å²) in [5.74, 6) is -0.169. The first-order chi connectivity index (χ1) is 11.4. The maximum absolute atomic E-state index is 12.0. The van der Waals surface area contributed by atoms with Crippen LogP contribution in [-0.4, -0.2) is 27.3 Å². The predicted molar refractivity (Wildman–Crippen MR) is 100 cm³/mol. The molecule has 2 rings (SSSR count). The van der Waals surface area contributed by atoms with Crippen molar-refractivity contribution in [1.29, 1.82) is 0 Å². The number of benzene rings is 2. The third-order valence-electron chi connectivity index (χ3n) is 4.12. The number of carbonyl (C=O) groups excluding carboxylic acids is 1. The van der Waals surface area contributed by atoms with Crippen molar-refractivity contribution in [1.82, 2.24) is 0 Å². The molecule has 0 bridgehead atoms. The third kappa shape index (κ3) is 3.64. The van der Waals surface area contributed by atoms with Crippen LogP contribution in [0.1, 0.15) is 20.8 Å². The molecule has 24 heavy (non-hydrogen) atoms. The van der Waals surface area contributed by atoms with Crippen LogP contribution in [0.2, 0.25) is 5.04 Å². The molecule has 124 valence electrons. The molecule has 0 aliphatic carbocycles. The molecule has 0 aliphatic rings. The molecule has 4 heteroatoms. The highest BCUT2D eigenvalue weighted by Crippen LogP contribution is 2.36. The van der Waals surface area contributed by atoms with Crippen LogP contribution in [0.4, 0.5) is 0 Å². The maximum Gasteiger partial charge on any atom is 0.274 e. The summed E-state index contributed by atoms with van der Waals surface area (Å²) >= 11 is 0. The van der Waals surface area contributed by atoms with Gasteiger partial charge in [-0.15, -0.1) is 0 Å². The first-order valence-electron chi connectivity index (χ1n) is 8.02. The van der Waals surface area contributed by atoms with Crippen LogP contribution in [0.25, 0.3) is 4.85 Å². The molecule has 0 saturated heterocycles. The lowest BCUT2D eigenvalue weighted by Crippen LogP contribution is -2.67. The van der Waals surface area contributed by atoms with Gasteiger partial charge in [-0.1, -0.05) is 81.4 Å². The largest absolute Gasteiger partial charge is 0.400 e. The fourth-order valence-corrected chi connectivity index (χ4v) is 7.62. The van der Waals surface area contributed by atoms with Crippen molar-refractivity contribution in [2.75, 3.05) is 13.2 Å². The molecular formula is C20H23NO2Si. The maximum atomic E-state index is 12.0. The molecule has 0 amide bonds. The number of hydrogen-bond donors (Lipinski definition) is 0. The van der Waals surface area contributed by atoms with Crippen LogP contribution in [0.15, 0.2) is 60.7 Å². The van der Waals surface area contributed by atoms with Crippen LogP contribution in [0.3, 0.4) is 0 Å². The molecule has 2 aromatic carbocycles. The van der Waals surface area contributed by atoms with E-state index in [1.165, 1.54) is 0 Å². The van der Waals surface area contributed by atoms with Crippen molar-refractivity contribution in [2.45, 2.75) is 25.8 Å². The third-order valence-corrected chi connectivity index (χ3v) is 9.10. The summed E-state index contributed by atoms with van der Waals surface area (Å²) in [5, 5.41) is 2.12. The number of hydrogen-bond acceptors (Lipinski definition) is 2. The fraction of sp³-hybridized carbons (Fsp3) is 0.300. The topological polar surface area (TPSA) is 30.7 Å². The second-order valence-electron chi connectivity index (χ2n) is 6.81. The van der Waals surface area contributed by atoms with E-state index >= 15 is 0 Å². The zero-order valence-electron chi connectivity index (χ0n) is 14.5. The number of rotatable bonds is 6. The SMILES string of the molecule is [C-]#[N+]CC(=O)CO[Si](c1ccccc1)(c1ccccc1)C(C)(C)C. The van der Waals surface area contributed by atoms with Crippen LogP contribution in [0, 0.1) is 6.57 Å². The second-order valence-corrected chi connectivity index (χ2v) is 11.1. The second kappa shape index (κ2) is 7.56. The zero-order chi connectivity index (χ0) is 17.6. The molecule has 2 aromatic rings. The van der Waals surface area contributed by atoms with Gasteiger partial charge in [0.15, 0.2) is 0 Å². The normalized spacial score (nSPS) is 11.8. The van der Waals surface area contributed by atoms with Gasteiger partial charge in [-0.2, -0.15) is 0 Å². The average Bonchev–Trinajstić information content (AvgIpc) is 2.56. The van der Waals surface area contributed by atoms with Crippen LogP contribution < -0.4 is 10.4 Å². The Morgan fingerprint density at radius 1 is 1.00 bits per heavy atom. The fourth-order valence-electron chi connectivity index (χ4n) is 3.08. The number of Topliss-reactive ketones (excluding diaryl/α,β-unsaturated/α-hetero) is 1. The van der Waals surface area contributed by atoms with Gasteiger partial charge in [-0.25, -0.2) is 6.57 Å². The van der Waals surface area contributed by atoms with Gasteiger partial charge in [0.2, 0.25) is 5.78 Å². The lowest BCUT2D eigenvalue weighted by molar-refractivity contribution is -0.119. The summed E-state index contributed by atoms with van der Waals surface area (Å²) in [5.41, 5.74) is 0. The molecule has 0 saturated carbocycles. The van der Waals surface area contributed by atoms with Crippen molar-refractivity contribution >= 4 is 24.5 Å². The summed E-state index contributed by atoms with van der Waals surface area (Å²) in [4.78, 5) is 15.1. The van der Waals surface area contributed by atoms with E-state index in [0.29, 0.717) is 0 Å². The number of nitrogens with zero attached hydrogens (tertiary/aromatic N) is 1. The van der Waals surface area contributed by atoms with E-state index in [1.807, 2.05) is 36.4 Å². The lowest BCUT2D eigenvalue weighted by atomic mass is 10.2. The van der Waals surface area contributed by atoms with Gasteiger partial charge < -0.3 is 9.27 Å². The standard InChI is InChI=1S/C20H23NO2Si/c1-20(2,3)24(18-11-7-5-8-12-18,19-13-9-6-10-14-19)23-16-17(22)15-21-4/h5-14H,15-16H2,1-3H3. The van der Waals surface area contributed by atoms with Gasteiger partial charge in [0, 0.05) is 0 Å². The molecule has 0 unspecified atom stereocenters. The van der Waals surface area contributed by atoms with E-state index in [4.69, 9.17) is 11.0 Å². The highest BCUT2D eigenvalue weighted by atomic mass is 28.4. The predicted octanol–water partition coefficient (Wildman–Crippen LogP) is 3.05. The molecule has 0 aromatic heterocycles. The van der Waals surface area contributed by atoms with E-state index in [9.17, 15) is 4.79 Å². The first kappa shape index (κ1) is 18.1. The molecule has 0 heterocycles. The summed E-state index contributed by atoms with van der Waals surface area (Å²) in [6.07, 6.45) is 0. The Bertz CT molecular complexity index is 675. The summed E-state index contributed by atoms with van der Waals surface area (Å²) in [6, 6.07) is 20.4. The Hall–Kier alpha value is -2.22. The highest BCUT2D eigenvalue weighted by Gasteiger charge is 2.50. The van der Waals surface area contributed by atoms with Crippen LogP contribution in [-0.2, 0) is 9.22 Å². The highest BCUT2D eigenvalue weighted by molar-refractivity contribution is 6.99. The van der Waals surface area contributed by atoms with Gasteiger partial charge in [0.1, 0.15) is 6.61 Å². The van der Waals surface area contributed by atoms with Crippen molar-refractivity contribution < 1.29 is 9.22 Å². The molecule has 3 nitrogen and oxygen atoms in total. The molecule has 0 radical (unpaired) electrons. The quantitative estimate of drug-likeness (QED) is 0.599. The Morgan fingerprint density at radius 3 is 1.83 bits per heavy atom. The minimum absolute atomic E-state index is 0.0182. The number of carbonyl (C=O) groups is 1. The Morgan fingerprint density at radius 2 is 1.46 bits per heavy atom. The Kier molecular flexibility index (Phi) is 5.71. The molecular weight excluding hydrogens is 314 g/mol. The van der Waals surface area contributed by atoms with Crippen molar-refractivity contribution in [2.24, 2.45) is 0 Å². The summed E-state index contributed by atoms with van der Waals surface area (Å²) in [7, 11) is -2.66. The summed E-state index contributed by atoms with van der Waals surface area (Å²) < 4.78 is 6.43. The minimum Gasteiger partial charge on any atom is -0.400 e. The molecule has 0 spiro atoms. The smallest absolute Gasteiger partial charge is 0.274 e. The minimum atomic E-state index is -2.66. The van der Waals surface area contributed by atoms with E-state index in [-0.39, 0.29) is 24.0 Å². The van der Waals surface area contributed by atoms with Crippen molar-refractivity contribution in [3.63, 3.8) is 0 Å². The van der Waals surface area contributed by atoms with Crippen molar-refractivity contribution in [3.8, 4) is 0 Å². The molecule has 0 atom stereocenters. The van der Waals surface area contributed by atoms with Gasteiger partial charge in [-0.05, 0) is 15.4 Å².